The second kappa shape index (κ2) is 9.72. The topological polar surface area (TPSA) is 84.7 Å². The smallest absolute Gasteiger partial charge is 0.310 e. The highest BCUT2D eigenvalue weighted by Crippen LogP contribution is 2.29. The number of hydrogen-bond acceptors (Lipinski definition) is 5. The Bertz CT molecular complexity index is 1070. The summed E-state index contributed by atoms with van der Waals surface area (Å²) in [6.07, 6.45) is 3.69. The van der Waals surface area contributed by atoms with E-state index >= 15 is 0 Å². The van der Waals surface area contributed by atoms with Gasteiger partial charge in [0.15, 0.2) is 5.69 Å². The molecular weight excluding hydrogens is 427 g/mol. The lowest BCUT2D eigenvalue weighted by Crippen LogP contribution is -2.47. The zero-order valence-electron chi connectivity index (χ0n) is 19.1. The number of esters is 1. The number of ether oxygens (including phenoxy) is 1. The van der Waals surface area contributed by atoms with Gasteiger partial charge in [-0.2, -0.15) is 5.10 Å². The number of aromatic nitrogens is 2. The fourth-order valence-electron chi connectivity index (χ4n) is 4.64. The summed E-state index contributed by atoms with van der Waals surface area (Å²) in [5.74, 6) is -1.60. The summed E-state index contributed by atoms with van der Waals surface area (Å²) in [4.78, 5) is 41.1. The highest BCUT2D eigenvalue weighted by atomic mass is 19.1. The van der Waals surface area contributed by atoms with Gasteiger partial charge in [-0.1, -0.05) is 12.1 Å². The predicted molar refractivity (Wildman–Crippen MR) is 118 cm³/mol. The molecule has 0 spiro atoms. The Morgan fingerprint density at radius 2 is 2.00 bits per heavy atom. The second-order valence-corrected chi connectivity index (χ2v) is 8.58. The molecule has 176 valence electrons. The van der Waals surface area contributed by atoms with Gasteiger partial charge in [-0.3, -0.25) is 14.4 Å². The highest BCUT2D eigenvalue weighted by molar-refractivity contribution is 5.96. The van der Waals surface area contributed by atoms with E-state index in [1.54, 1.807) is 37.1 Å². The maximum absolute atomic E-state index is 14.4. The first kappa shape index (κ1) is 22.9. The van der Waals surface area contributed by atoms with Crippen LogP contribution in [0.15, 0.2) is 24.3 Å². The number of likely N-dealkylation sites (tertiary alicyclic amines) is 1. The van der Waals surface area contributed by atoms with Crippen molar-refractivity contribution in [1.82, 2.24) is 19.6 Å². The SMILES string of the molecule is CCOC(=O)C1CCCN(C(=O)CN(C)C(=O)c2nn(-c3ccccc3F)c3c2CCC3)C1. The molecule has 1 aromatic carbocycles. The van der Waals surface area contributed by atoms with E-state index in [4.69, 9.17) is 4.74 Å². The molecule has 1 atom stereocenters. The van der Waals surface area contributed by atoms with E-state index in [0.717, 1.165) is 24.1 Å². The van der Waals surface area contributed by atoms with Crippen LogP contribution in [0, 0.1) is 11.7 Å². The summed E-state index contributed by atoms with van der Waals surface area (Å²) in [5, 5.41) is 4.46. The van der Waals surface area contributed by atoms with Gasteiger partial charge in [0.2, 0.25) is 5.91 Å². The van der Waals surface area contributed by atoms with Gasteiger partial charge in [-0.25, -0.2) is 9.07 Å². The van der Waals surface area contributed by atoms with Gasteiger partial charge >= 0.3 is 5.97 Å². The van der Waals surface area contributed by atoms with Crippen LogP contribution in [0.25, 0.3) is 5.69 Å². The van der Waals surface area contributed by atoms with Gasteiger partial charge < -0.3 is 14.5 Å². The number of halogens is 1. The predicted octanol–water partition coefficient (Wildman–Crippen LogP) is 2.37. The standard InChI is InChI=1S/C24H29FN4O4/c1-3-33-24(32)16-8-7-13-28(14-16)21(30)15-27(2)23(31)22-17-9-6-12-19(17)29(26-22)20-11-5-4-10-18(20)25/h4-5,10-11,16H,3,6-9,12-15H2,1-2H3. The van der Waals surface area contributed by atoms with Crippen molar-refractivity contribution in [3.05, 3.63) is 47.0 Å². The third kappa shape index (κ3) is 4.62. The Balaban J connectivity index is 1.48. The van der Waals surface area contributed by atoms with Crippen LogP contribution < -0.4 is 0 Å². The number of piperidine rings is 1. The van der Waals surface area contributed by atoms with E-state index in [-0.39, 0.29) is 35.9 Å². The van der Waals surface area contributed by atoms with Crippen LogP contribution in [0.3, 0.4) is 0 Å². The van der Waals surface area contributed by atoms with Gasteiger partial charge in [0.05, 0.1) is 19.1 Å². The summed E-state index contributed by atoms with van der Waals surface area (Å²) < 4.78 is 21.0. The van der Waals surface area contributed by atoms with Crippen LogP contribution in [0.2, 0.25) is 0 Å². The minimum atomic E-state index is -0.404. The van der Waals surface area contributed by atoms with Gasteiger partial charge in [-0.05, 0) is 51.2 Å². The fourth-order valence-corrected chi connectivity index (χ4v) is 4.64. The molecule has 0 saturated carbocycles. The molecule has 2 aromatic rings. The lowest BCUT2D eigenvalue weighted by Gasteiger charge is -2.32. The lowest BCUT2D eigenvalue weighted by atomic mass is 9.98. The molecule has 1 unspecified atom stereocenters. The van der Waals surface area contributed by atoms with Gasteiger partial charge in [-0.15, -0.1) is 0 Å². The largest absolute Gasteiger partial charge is 0.466 e. The Morgan fingerprint density at radius 1 is 1.21 bits per heavy atom. The van der Waals surface area contributed by atoms with Crippen molar-refractivity contribution in [2.45, 2.75) is 39.0 Å². The van der Waals surface area contributed by atoms with Crippen molar-refractivity contribution in [3.8, 4) is 5.69 Å². The van der Waals surface area contributed by atoms with Gasteiger partial charge in [0.25, 0.3) is 5.91 Å². The molecule has 2 heterocycles. The van der Waals surface area contributed by atoms with E-state index in [9.17, 15) is 18.8 Å². The second-order valence-electron chi connectivity index (χ2n) is 8.58. The molecule has 0 bridgehead atoms. The van der Waals surface area contributed by atoms with Crippen molar-refractivity contribution in [2.75, 3.05) is 33.3 Å². The quantitative estimate of drug-likeness (QED) is 0.623. The average molecular weight is 457 g/mol. The van der Waals surface area contributed by atoms with Crippen molar-refractivity contribution in [3.63, 3.8) is 0 Å². The van der Waals surface area contributed by atoms with Crippen LogP contribution >= 0.6 is 0 Å². The minimum Gasteiger partial charge on any atom is -0.466 e. The number of carbonyl (C=O) groups is 3. The third-order valence-electron chi connectivity index (χ3n) is 6.33. The first-order valence-electron chi connectivity index (χ1n) is 11.5. The number of carbonyl (C=O) groups excluding carboxylic acids is 3. The summed E-state index contributed by atoms with van der Waals surface area (Å²) in [6, 6.07) is 6.35. The molecule has 0 N–H and O–H groups in total. The van der Waals surface area contributed by atoms with Crippen molar-refractivity contribution in [2.24, 2.45) is 5.92 Å². The highest BCUT2D eigenvalue weighted by Gasteiger charge is 2.32. The lowest BCUT2D eigenvalue weighted by molar-refractivity contribution is -0.151. The van der Waals surface area contributed by atoms with E-state index < -0.39 is 5.82 Å². The van der Waals surface area contributed by atoms with Crippen LogP contribution in [0.1, 0.15) is 47.9 Å². The van der Waals surface area contributed by atoms with Crippen LogP contribution in [0.4, 0.5) is 4.39 Å². The van der Waals surface area contributed by atoms with Gasteiger partial charge in [0.1, 0.15) is 11.5 Å². The molecule has 1 aliphatic heterocycles. The van der Waals surface area contributed by atoms with Crippen molar-refractivity contribution in [1.29, 1.82) is 0 Å². The van der Waals surface area contributed by atoms with E-state index in [1.807, 2.05) is 0 Å². The minimum absolute atomic E-state index is 0.115. The number of rotatable bonds is 6. The number of nitrogens with zero attached hydrogens (tertiary/aromatic N) is 4. The number of amides is 2. The Hall–Kier alpha value is -3.23. The zero-order chi connectivity index (χ0) is 23.5. The summed E-state index contributed by atoms with van der Waals surface area (Å²) in [6.45, 7) is 2.81. The van der Waals surface area contributed by atoms with Crippen molar-refractivity contribution < 1.29 is 23.5 Å². The molecule has 0 radical (unpaired) electrons. The van der Waals surface area contributed by atoms with Crippen LogP contribution in [-0.2, 0) is 27.2 Å². The van der Waals surface area contributed by atoms with E-state index in [2.05, 4.69) is 5.10 Å². The summed E-state index contributed by atoms with van der Waals surface area (Å²) >= 11 is 0. The Labute approximate surface area is 192 Å². The molecule has 8 nitrogen and oxygen atoms in total. The van der Waals surface area contributed by atoms with E-state index in [0.29, 0.717) is 44.6 Å². The third-order valence-corrected chi connectivity index (χ3v) is 6.33. The maximum Gasteiger partial charge on any atom is 0.310 e. The van der Waals surface area contributed by atoms with Crippen LogP contribution in [-0.4, -0.2) is 70.7 Å². The van der Waals surface area contributed by atoms with Gasteiger partial charge in [0, 0.05) is 31.4 Å². The Morgan fingerprint density at radius 3 is 2.76 bits per heavy atom. The molecule has 1 aliphatic carbocycles. The molecule has 4 rings (SSSR count). The van der Waals surface area contributed by atoms with Crippen molar-refractivity contribution >= 4 is 17.8 Å². The number of para-hydroxylation sites is 1. The molecule has 1 saturated heterocycles. The zero-order valence-corrected chi connectivity index (χ0v) is 19.1. The molecular formula is C24H29FN4O4. The molecule has 2 amide bonds. The molecule has 1 aromatic heterocycles. The monoisotopic (exact) mass is 456 g/mol. The number of fused-ring (bicyclic) bond motifs is 1. The summed E-state index contributed by atoms with van der Waals surface area (Å²) in [5.41, 5.74) is 2.25. The van der Waals surface area contributed by atoms with E-state index in [1.165, 1.54) is 15.6 Å². The first-order chi connectivity index (χ1) is 15.9. The van der Waals surface area contributed by atoms with Crippen LogP contribution in [0.5, 0.6) is 0 Å². The maximum atomic E-state index is 14.4. The number of hydrogen-bond donors (Lipinski definition) is 0. The fraction of sp³-hybridized carbons (Fsp3) is 0.500. The summed E-state index contributed by atoms with van der Waals surface area (Å²) in [7, 11) is 1.57. The Kier molecular flexibility index (Phi) is 6.76. The molecule has 1 fully saturated rings. The number of likely N-dealkylation sites (N-methyl/N-ethyl adjacent to an activating group) is 1. The average Bonchev–Trinajstić information content (AvgIpc) is 3.42. The molecule has 33 heavy (non-hydrogen) atoms. The first-order valence-corrected chi connectivity index (χ1v) is 11.5. The molecule has 9 heteroatoms. The number of benzene rings is 1. The molecule has 2 aliphatic rings. The normalized spacial score (nSPS) is 17.5.